The second-order valence-electron chi connectivity index (χ2n) is 6.79. The van der Waals surface area contributed by atoms with Gasteiger partial charge in [0.15, 0.2) is 8.32 Å². The summed E-state index contributed by atoms with van der Waals surface area (Å²) in [6.45, 7) is 9.77. The number of amides is 1. The van der Waals surface area contributed by atoms with E-state index in [1.165, 1.54) is 0 Å². The molecule has 2 aliphatic rings. The van der Waals surface area contributed by atoms with Crippen LogP contribution in [0.2, 0.25) is 19.6 Å². The monoisotopic (exact) mass is 334 g/mol. The van der Waals surface area contributed by atoms with Crippen molar-refractivity contribution in [1.29, 1.82) is 0 Å². The minimum Gasteiger partial charge on any atom is -0.379 e. The van der Waals surface area contributed by atoms with Crippen LogP contribution in [-0.4, -0.2) is 69.4 Å². The van der Waals surface area contributed by atoms with Crippen molar-refractivity contribution in [3.8, 4) is 0 Å². The van der Waals surface area contributed by atoms with Crippen molar-refractivity contribution in [1.82, 2.24) is 9.80 Å². The average molecular weight is 334 g/mol. The summed E-state index contributed by atoms with van der Waals surface area (Å²) in [6.07, 6.45) is 2.14. The molecular formula is C13H27N2O4PSi. The zero-order valence-electron chi connectivity index (χ0n) is 13.3. The summed E-state index contributed by atoms with van der Waals surface area (Å²) < 4.78 is 24.7. The largest absolute Gasteiger partial charge is 0.379 e. The highest BCUT2D eigenvalue weighted by atomic mass is 31.2. The number of hydrogen-bond donors (Lipinski definition) is 0. The number of likely N-dealkylation sites (tertiary alicyclic amines) is 1. The SMILES string of the molecule is C[Si](C)(C)OP(=O)(CN1CCOCC1)CN1CCCC1=O. The normalized spacial score (nSPS) is 24.3. The molecule has 122 valence electrons. The molecule has 2 saturated heterocycles. The molecule has 2 rings (SSSR count). The van der Waals surface area contributed by atoms with Gasteiger partial charge in [0.05, 0.1) is 25.8 Å². The molecular weight excluding hydrogens is 307 g/mol. The summed E-state index contributed by atoms with van der Waals surface area (Å²) in [5.41, 5.74) is 0. The summed E-state index contributed by atoms with van der Waals surface area (Å²) in [7, 11) is -4.79. The lowest BCUT2D eigenvalue weighted by Gasteiger charge is -2.35. The Labute approximate surface area is 128 Å². The van der Waals surface area contributed by atoms with Gasteiger partial charge in [0, 0.05) is 26.1 Å². The minimum absolute atomic E-state index is 0.108. The van der Waals surface area contributed by atoms with Crippen molar-refractivity contribution in [3.63, 3.8) is 0 Å². The molecule has 0 radical (unpaired) electrons. The Hall–Kier alpha value is -0.203. The van der Waals surface area contributed by atoms with E-state index >= 15 is 0 Å². The molecule has 6 nitrogen and oxygen atoms in total. The van der Waals surface area contributed by atoms with Gasteiger partial charge in [-0.25, -0.2) is 0 Å². The van der Waals surface area contributed by atoms with E-state index in [1.54, 1.807) is 4.90 Å². The zero-order valence-corrected chi connectivity index (χ0v) is 15.2. The number of hydrogen-bond acceptors (Lipinski definition) is 5. The Bertz CT molecular complexity index is 421. The van der Waals surface area contributed by atoms with Crippen molar-refractivity contribution in [3.05, 3.63) is 0 Å². The van der Waals surface area contributed by atoms with Crippen LogP contribution in [0.1, 0.15) is 12.8 Å². The van der Waals surface area contributed by atoms with E-state index in [1.807, 2.05) is 19.6 Å². The van der Waals surface area contributed by atoms with Crippen LogP contribution in [0.4, 0.5) is 0 Å². The third-order valence-electron chi connectivity index (χ3n) is 3.52. The maximum absolute atomic E-state index is 13.3. The maximum Gasteiger partial charge on any atom is 0.226 e. The number of nitrogens with zero attached hydrogens (tertiary/aromatic N) is 2. The molecule has 0 aliphatic carbocycles. The van der Waals surface area contributed by atoms with Crippen LogP contribution in [0.25, 0.3) is 0 Å². The van der Waals surface area contributed by atoms with Gasteiger partial charge < -0.3 is 13.8 Å². The van der Waals surface area contributed by atoms with E-state index in [9.17, 15) is 9.36 Å². The Morgan fingerprint density at radius 3 is 2.38 bits per heavy atom. The number of carbonyl (C=O) groups excluding carboxylic acids is 1. The maximum atomic E-state index is 13.3. The smallest absolute Gasteiger partial charge is 0.226 e. The molecule has 1 unspecified atom stereocenters. The first kappa shape index (κ1) is 17.2. The summed E-state index contributed by atoms with van der Waals surface area (Å²) in [4.78, 5) is 15.7. The molecule has 2 aliphatic heterocycles. The fourth-order valence-corrected chi connectivity index (χ4v) is 9.02. The first-order chi connectivity index (χ1) is 9.77. The van der Waals surface area contributed by atoms with Crippen molar-refractivity contribution in [2.45, 2.75) is 32.5 Å². The predicted molar refractivity (Wildman–Crippen MR) is 85.1 cm³/mol. The number of rotatable bonds is 6. The van der Waals surface area contributed by atoms with Gasteiger partial charge in [-0.05, 0) is 26.1 Å². The molecule has 0 saturated carbocycles. The second kappa shape index (κ2) is 6.92. The molecule has 0 aromatic carbocycles. The first-order valence-electron chi connectivity index (χ1n) is 7.64. The lowest BCUT2D eigenvalue weighted by Crippen LogP contribution is -2.40. The van der Waals surface area contributed by atoms with Gasteiger partial charge in [-0.1, -0.05) is 0 Å². The molecule has 0 aromatic heterocycles. The number of ether oxygens (including phenoxy) is 1. The summed E-state index contributed by atoms with van der Waals surface area (Å²) in [5, 5.41) is 0. The summed E-state index contributed by atoms with van der Waals surface area (Å²) in [6, 6.07) is 0. The molecule has 1 amide bonds. The Kier molecular flexibility index (Phi) is 5.65. The number of morpholine rings is 1. The van der Waals surface area contributed by atoms with Crippen LogP contribution in [-0.2, 0) is 18.3 Å². The molecule has 2 heterocycles. The Morgan fingerprint density at radius 1 is 1.19 bits per heavy atom. The lowest BCUT2D eigenvalue weighted by atomic mass is 10.4. The molecule has 0 bridgehead atoms. The van der Waals surface area contributed by atoms with Crippen molar-refractivity contribution >= 4 is 21.6 Å². The van der Waals surface area contributed by atoms with Crippen LogP contribution in [0.15, 0.2) is 0 Å². The Balaban J connectivity index is 2.05. The van der Waals surface area contributed by atoms with Crippen LogP contribution in [0.3, 0.4) is 0 Å². The van der Waals surface area contributed by atoms with Crippen LogP contribution < -0.4 is 0 Å². The molecule has 2 fully saturated rings. The van der Waals surface area contributed by atoms with Crippen LogP contribution in [0.5, 0.6) is 0 Å². The van der Waals surface area contributed by atoms with Crippen molar-refractivity contribution in [2.75, 3.05) is 45.4 Å². The first-order valence-corrected chi connectivity index (χ1v) is 13.0. The van der Waals surface area contributed by atoms with E-state index in [0.29, 0.717) is 32.5 Å². The molecule has 0 spiro atoms. The fraction of sp³-hybridized carbons (Fsp3) is 0.923. The molecule has 21 heavy (non-hydrogen) atoms. The molecule has 8 heteroatoms. The van der Waals surface area contributed by atoms with Gasteiger partial charge in [-0.2, -0.15) is 0 Å². The van der Waals surface area contributed by atoms with E-state index in [0.717, 1.165) is 19.5 Å². The van der Waals surface area contributed by atoms with E-state index < -0.39 is 15.7 Å². The fourth-order valence-electron chi connectivity index (χ4n) is 2.76. The van der Waals surface area contributed by atoms with Gasteiger partial charge in [0.2, 0.25) is 13.3 Å². The Morgan fingerprint density at radius 2 is 1.86 bits per heavy atom. The lowest BCUT2D eigenvalue weighted by molar-refractivity contribution is -0.127. The van der Waals surface area contributed by atoms with Crippen LogP contribution in [0, 0.1) is 0 Å². The third kappa shape index (κ3) is 5.49. The van der Waals surface area contributed by atoms with Gasteiger partial charge in [0.1, 0.15) is 0 Å². The van der Waals surface area contributed by atoms with E-state index in [2.05, 4.69) is 4.90 Å². The van der Waals surface area contributed by atoms with Crippen LogP contribution >= 0.6 is 7.37 Å². The van der Waals surface area contributed by atoms with Gasteiger partial charge in [-0.15, -0.1) is 0 Å². The highest BCUT2D eigenvalue weighted by Crippen LogP contribution is 2.51. The predicted octanol–water partition coefficient (Wildman–Crippen LogP) is 1.99. The van der Waals surface area contributed by atoms with Gasteiger partial charge >= 0.3 is 0 Å². The van der Waals surface area contributed by atoms with Crippen molar-refractivity contribution < 1.29 is 18.3 Å². The highest BCUT2D eigenvalue weighted by molar-refractivity contribution is 7.60. The quantitative estimate of drug-likeness (QED) is 0.549. The second-order valence-corrected chi connectivity index (χ2v) is 13.9. The highest BCUT2D eigenvalue weighted by Gasteiger charge is 2.37. The van der Waals surface area contributed by atoms with Gasteiger partial charge in [-0.3, -0.25) is 14.3 Å². The molecule has 0 N–H and O–H groups in total. The van der Waals surface area contributed by atoms with Crippen molar-refractivity contribution in [2.24, 2.45) is 0 Å². The number of carbonyl (C=O) groups is 1. The standard InChI is InChI=1S/C13H27N2O4PSi/c1-21(2,3)19-20(17,11-14-7-9-18-10-8-14)12-15-6-4-5-13(15)16/h4-12H2,1-3H3. The summed E-state index contributed by atoms with van der Waals surface area (Å²) in [5.74, 6) is 0.108. The van der Waals surface area contributed by atoms with Gasteiger partial charge in [0.25, 0.3) is 0 Å². The molecule has 1 atom stereocenters. The minimum atomic E-state index is -2.86. The zero-order chi connectivity index (χ0) is 15.5. The van der Waals surface area contributed by atoms with E-state index in [-0.39, 0.29) is 12.2 Å². The molecule has 0 aromatic rings. The third-order valence-corrected chi connectivity index (χ3v) is 8.64. The van der Waals surface area contributed by atoms with E-state index in [4.69, 9.17) is 8.95 Å². The average Bonchev–Trinajstić information content (AvgIpc) is 2.73. The summed E-state index contributed by atoms with van der Waals surface area (Å²) >= 11 is 0. The topological polar surface area (TPSA) is 59.1 Å².